The molecule has 17 heavy (non-hydrogen) atoms. The van der Waals surface area contributed by atoms with Crippen molar-refractivity contribution in [1.82, 2.24) is 14.9 Å². The van der Waals surface area contributed by atoms with Crippen molar-refractivity contribution in [2.75, 3.05) is 6.54 Å². The van der Waals surface area contributed by atoms with Gasteiger partial charge in [0.1, 0.15) is 5.82 Å². The second kappa shape index (κ2) is 5.15. The minimum absolute atomic E-state index is 0.399. The van der Waals surface area contributed by atoms with Gasteiger partial charge in [0.15, 0.2) is 0 Å². The second-order valence-corrected chi connectivity index (χ2v) is 4.26. The summed E-state index contributed by atoms with van der Waals surface area (Å²) in [6, 6.07) is 8.99. The van der Waals surface area contributed by atoms with E-state index in [0.29, 0.717) is 6.04 Å². The van der Waals surface area contributed by atoms with Crippen molar-refractivity contribution in [2.24, 2.45) is 7.05 Å². The molecule has 0 fully saturated rings. The van der Waals surface area contributed by atoms with Gasteiger partial charge in [0.25, 0.3) is 0 Å². The van der Waals surface area contributed by atoms with E-state index in [-0.39, 0.29) is 0 Å². The SMILES string of the molecule is CCNC(C)c1ccc(-c2nccn2C)cc1. The first-order chi connectivity index (χ1) is 8.22. The third-order valence-electron chi connectivity index (χ3n) is 3.00. The van der Waals surface area contributed by atoms with Gasteiger partial charge in [0.2, 0.25) is 0 Å². The van der Waals surface area contributed by atoms with Crippen molar-refractivity contribution in [3.05, 3.63) is 42.2 Å². The highest BCUT2D eigenvalue weighted by Gasteiger charge is 2.06. The number of benzene rings is 1. The Hall–Kier alpha value is -1.61. The minimum Gasteiger partial charge on any atom is -0.334 e. The second-order valence-electron chi connectivity index (χ2n) is 4.26. The first-order valence-corrected chi connectivity index (χ1v) is 6.03. The highest BCUT2D eigenvalue weighted by Crippen LogP contribution is 2.20. The van der Waals surface area contributed by atoms with Gasteiger partial charge in [-0.3, -0.25) is 0 Å². The van der Waals surface area contributed by atoms with Crippen LogP contribution in [-0.2, 0) is 7.05 Å². The monoisotopic (exact) mass is 229 g/mol. The zero-order valence-electron chi connectivity index (χ0n) is 10.6. The number of hydrogen-bond acceptors (Lipinski definition) is 2. The van der Waals surface area contributed by atoms with E-state index in [4.69, 9.17) is 0 Å². The van der Waals surface area contributed by atoms with Gasteiger partial charge in [0, 0.05) is 31.0 Å². The smallest absolute Gasteiger partial charge is 0.139 e. The third kappa shape index (κ3) is 2.56. The molecule has 1 aromatic heterocycles. The molecule has 0 bridgehead atoms. The molecule has 90 valence electrons. The van der Waals surface area contributed by atoms with E-state index in [0.717, 1.165) is 17.9 Å². The molecule has 2 rings (SSSR count). The van der Waals surface area contributed by atoms with Crippen molar-refractivity contribution >= 4 is 0 Å². The fraction of sp³-hybridized carbons (Fsp3) is 0.357. The Kier molecular flexibility index (Phi) is 3.59. The van der Waals surface area contributed by atoms with E-state index in [9.17, 15) is 0 Å². The maximum absolute atomic E-state index is 4.34. The molecule has 1 unspecified atom stereocenters. The molecule has 3 nitrogen and oxygen atoms in total. The lowest BCUT2D eigenvalue weighted by Crippen LogP contribution is -2.17. The average molecular weight is 229 g/mol. The fourth-order valence-electron chi connectivity index (χ4n) is 1.99. The summed E-state index contributed by atoms with van der Waals surface area (Å²) < 4.78 is 2.03. The van der Waals surface area contributed by atoms with E-state index in [2.05, 4.69) is 48.4 Å². The quantitative estimate of drug-likeness (QED) is 0.873. The molecule has 3 heteroatoms. The molecular formula is C14H19N3. The number of rotatable bonds is 4. The molecule has 0 aliphatic carbocycles. The summed E-state index contributed by atoms with van der Waals surface area (Å²) in [5.74, 6) is 1.01. The van der Waals surface area contributed by atoms with E-state index in [1.54, 1.807) is 0 Å². The summed E-state index contributed by atoms with van der Waals surface area (Å²) in [5.41, 5.74) is 2.47. The first-order valence-electron chi connectivity index (χ1n) is 6.03. The van der Waals surface area contributed by atoms with E-state index in [1.165, 1.54) is 5.56 Å². The minimum atomic E-state index is 0.399. The molecule has 2 aromatic rings. The Labute approximate surface area is 103 Å². The van der Waals surface area contributed by atoms with Crippen LogP contribution in [0.3, 0.4) is 0 Å². The molecular weight excluding hydrogens is 210 g/mol. The molecule has 0 spiro atoms. The Morgan fingerprint density at radius 3 is 2.53 bits per heavy atom. The summed E-state index contributed by atoms with van der Waals surface area (Å²) in [7, 11) is 2.01. The number of nitrogens with one attached hydrogen (secondary N) is 1. The van der Waals surface area contributed by atoms with Crippen LogP contribution >= 0.6 is 0 Å². The highest BCUT2D eigenvalue weighted by molar-refractivity contribution is 5.56. The van der Waals surface area contributed by atoms with Crippen molar-refractivity contribution in [3.63, 3.8) is 0 Å². The van der Waals surface area contributed by atoms with E-state index in [1.807, 2.05) is 24.0 Å². The number of aromatic nitrogens is 2. The van der Waals surface area contributed by atoms with Crippen LogP contribution in [0.1, 0.15) is 25.5 Å². The maximum Gasteiger partial charge on any atom is 0.139 e. The summed E-state index contributed by atoms with van der Waals surface area (Å²) in [6.07, 6.45) is 3.79. The topological polar surface area (TPSA) is 29.9 Å². The molecule has 1 atom stereocenters. The highest BCUT2D eigenvalue weighted by atomic mass is 15.0. The predicted octanol–water partition coefficient (Wildman–Crippen LogP) is 2.76. The lowest BCUT2D eigenvalue weighted by Gasteiger charge is -2.13. The van der Waals surface area contributed by atoms with E-state index >= 15 is 0 Å². The van der Waals surface area contributed by atoms with Crippen molar-refractivity contribution in [3.8, 4) is 11.4 Å². The normalized spacial score (nSPS) is 12.6. The molecule has 1 heterocycles. The lowest BCUT2D eigenvalue weighted by molar-refractivity contribution is 0.598. The van der Waals surface area contributed by atoms with Crippen molar-refractivity contribution < 1.29 is 0 Å². The molecule has 0 radical (unpaired) electrons. The van der Waals surface area contributed by atoms with Crippen molar-refractivity contribution in [2.45, 2.75) is 19.9 Å². The van der Waals surface area contributed by atoms with Crippen LogP contribution in [0.5, 0.6) is 0 Å². The van der Waals surface area contributed by atoms with Crippen LogP contribution in [-0.4, -0.2) is 16.1 Å². The van der Waals surface area contributed by atoms with Gasteiger partial charge in [-0.2, -0.15) is 0 Å². The molecule has 0 aliphatic heterocycles. The number of hydrogen-bond donors (Lipinski definition) is 1. The molecule has 0 aliphatic rings. The van der Waals surface area contributed by atoms with Crippen LogP contribution in [0.2, 0.25) is 0 Å². The third-order valence-corrected chi connectivity index (χ3v) is 3.00. The number of aryl methyl sites for hydroxylation is 1. The molecule has 0 amide bonds. The number of imidazole rings is 1. The predicted molar refractivity (Wildman–Crippen MR) is 70.7 cm³/mol. The maximum atomic E-state index is 4.34. The molecule has 1 aromatic carbocycles. The lowest BCUT2D eigenvalue weighted by atomic mass is 10.1. The zero-order chi connectivity index (χ0) is 12.3. The van der Waals surface area contributed by atoms with Crippen LogP contribution in [0.4, 0.5) is 0 Å². The van der Waals surface area contributed by atoms with Crippen LogP contribution in [0, 0.1) is 0 Å². The van der Waals surface area contributed by atoms with Crippen LogP contribution in [0.15, 0.2) is 36.7 Å². The van der Waals surface area contributed by atoms with Crippen LogP contribution in [0.25, 0.3) is 11.4 Å². The number of nitrogens with zero attached hydrogens (tertiary/aromatic N) is 2. The largest absolute Gasteiger partial charge is 0.334 e. The Morgan fingerprint density at radius 2 is 2.00 bits per heavy atom. The van der Waals surface area contributed by atoms with Gasteiger partial charge in [0.05, 0.1) is 0 Å². The van der Waals surface area contributed by atoms with Gasteiger partial charge < -0.3 is 9.88 Å². The average Bonchev–Trinajstić information content (AvgIpc) is 2.76. The van der Waals surface area contributed by atoms with Gasteiger partial charge in [-0.1, -0.05) is 31.2 Å². The molecule has 1 N–H and O–H groups in total. The van der Waals surface area contributed by atoms with Crippen molar-refractivity contribution in [1.29, 1.82) is 0 Å². The summed E-state index contributed by atoms with van der Waals surface area (Å²) in [5, 5.41) is 3.41. The van der Waals surface area contributed by atoms with Gasteiger partial charge in [-0.25, -0.2) is 4.98 Å². The van der Waals surface area contributed by atoms with Crippen LogP contribution < -0.4 is 5.32 Å². The summed E-state index contributed by atoms with van der Waals surface area (Å²) >= 11 is 0. The zero-order valence-corrected chi connectivity index (χ0v) is 10.6. The fourth-order valence-corrected chi connectivity index (χ4v) is 1.99. The molecule has 0 saturated heterocycles. The van der Waals surface area contributed by atoms with Gasteiger partial charge in [-0.15, -0.1) is 0 Å². The summed E-state index contributed by atoms with van der Waals surface area (Å²) in [6.45, 7) is 5.29. The standard InChI is InChI=1S/C14H19N3/c1-4-15-11(2)12-5-7-13(8-6-12)14-16-9-10-17(14)3/h5-11,15H,4H2,1-3H3. The van der Waals surface area contributed by atoms with Gasteiger partial charge in [-0.05, 0) is 19.0 Å². The van der Waals surface area contributed by atoms with E-state index < -0.39 is 0 Å². The van der Waals surface area contributed by atoms with Gasteiger partial charge >= 0.3 is 0 Å². The Bertz CT molecular complexity index is 470. The Morgan fingerprint density at radius 1 is 1.29 bits per heavy atom. The first kappa shape index (κ1) is 11.9. The summed E-state index contributed by atoms with van der Waals surface area (Å²) in [4.78, 5) is 4.34. The molecule has 0 saturated carbocycles. The Balaban J connectivity index is 2.21.